The first-order valence-electron chi connectivity index (χ1n) is 6.96. The maximum atomic E-state index is 10.7. The van der Waals surface area contributed by atoms with Crippen molar-refractivity contribution in [1.82, 2.24) is 0 Å². The number of hydrogen-bond acceptors (Lipinski definition) is 1. The normalized spacial score (nSPS) is 20.4. The molecule has 1 heteroatoms. The summed E-state index contributed by atoms with van der Waals surface area (Å²) >= 11 is 0. The van der Waals surface area contributed by atoms with Crippen LogP contribution >= 0.6 is 0 Å². The number of aliphatic hydroxyl groups is 1. The van der Waals surface area contributed by atoms with Crippen LogP contribution in [-0.4, -0.2) is 5.11 Å². The van der Waals surface area contributed by atoms with Crippen LogP contribution < -0.4 is 0 Å². The van der Waals surface area contributed by atoms with Crippen LogP contribution in [0.3, 0.4) is 0 Å². The third-order valence-corrected chi connectivity index (χ3v) is 4.23. The average Bonchev–Trinajstić information content (AvgIpc) is 2.84. The quantitative estimate of drug-likeness (QED) is 0.830. The van der Waals surface area contributed by atoms with Gasteiger partial charge >= 0.3 is 0 Å². The van der Waals surface area contributed by atoms with Gasteiger partial charge < -0.3 is 5.11 Å². The molecule has 0 spiro atoms. The fourth-order valence-corrected chi connectivity index (χ4v) is 3.02. The lowest BCUT2D eigenvalue weighted by atomic mass is 9.81. The van der Waals surface area contributed by atoms with E-state index in [1.165, 1.54) is 37.7 Å². The molecule has 1 atom stereocenters. The summed E-state index contributed by atoms with van der Waals surface area (Å²) in [5.74, 6) is 0.444. The van der Waals surface area contributed by atoms with Crippen molar-refractivity contribution >= 4 is 0 Å². The smallest absolute Gasteiger partial charge is 0.0896 e. The molecule has 1 aliphatic rings. The van der Waals surface area contributed by atoms with Crippen LogP contribution in [0.25, 0.3) is 0 Å². The third-order valence-electron chi connectivity index (χ3n) is 4.23. The van der Waals surface area contributed by atoms with Gasteiger partial charge in [-0.1, -0.05) is 50.5 Å². The van der Waals surface area contributed by atoms with Gasteiger partial charge in [0.2, 0.25) is 0 Å². The molecule has 0 aromatic heterocycles. The Labute approximate surface area is 105 Å². The minimum atomic E-state index is -0.638. The van der Waals surface area contributed by atoms with E-state index in [1.54, 1.807) is 0 Å². The molecule has 17 heavy (non-hydrogen) atoms. The van der Waals surface area contributed by atoms with Gasteiger partial charge in [0.05, 0.1) is 5.60 Å². The van der Waals surface area contributed by atoms with Crippen molar-refractivity contribution < 1.29 is 5.11 Å². The van der Waals surface area contributed by atoms with E-state index in [0.29, 0.717) is 5.92 Å². The Morgan fingerprint density at radius 1 is 1.18 bits per heavy atom. The molecule has 0 radical (unpaired) electrons. The van der Waals surface area contributed by atoms with E-state index in [1.807, 2.05) is 6.92 Å². The van der Waals surface area contributed by atoms with Crippen LogP contribution in [0.15, 0.2) is 24.3 Å². The Kier molecular flexibility index (Phi) is 3.88. The Morgan fingerprint density at radius 2 is 1.76 bits per heavy atom. The predicted molar refractivity (Wildman–Crippen MR) is 72.0 cm³/mol. The summed E-state index contributed by atoms with van der Waals surface area (Å²) in [7, 11) is 0. The average molecular weight is 232 g/mol. The number of hydrogen-bond donors (Lipinski definition) is 1. The third kappa shape index (κ3) is 2.71. The van der Waals surface area contributed by atoms with Crippen molar-refractivity contribution in [3.8, 4) is 0 Å². The van der Waals surface area contributed by atoms with Crippen molar-refractivity contribution in [3.05, 3.63) is 35.4 Å². The molecule has 0 bridgehead atoms. The zero-order valence-corrected chi connectivity index (χ0v) is 11.1. The summed E-state index contributed by atoms with van der Waals surface area (Å²) < 4.78 is 0. The van der Waals surface area contributed by atoms with Crippen molar-refractivity contribution in [2.75, 3.05) is 0 Å². The lowest BCUT2D eigenvalue weighted by Gasteiger charge is -2.30. The molecule has 1 aliphatic carbocycles. The summed E-state index contributed by atoms with van der Waals surface area (Å²) in [6.45, 7) is 4.18. The first kappa shape index (κ1) is 12.6. The monoisotopic (exact) mass is 232 g/mol. The van der Waals surface area contributed by atoms with Crippen LogP contribution in [0.1, 0.15) is 57.1 Å². The van der Waals surface area contributed by atoms with Crippen LogP contribution in [0.2, 0.25) is 0 Å². The summed E-state index contributed by atoms with van der Waals surface area (Å²) in [6, 6.07) is 8.57. The van der Waals surface area contributed by atoms with E-state index in [9.17, 15) is 5.11 Å². The number of rotatable bonds is 4. The molecule has 1 aromatic rings. The molecule has 0 heterocycles. The molecule has 0 aliphatic heterocycles. The second-order valence-electron chi connectivity index (χ2n) is 5.58. The topological polar surface area (TPSA) is 20.2 Å². The molecule has 0 amide bonds. The highest BCUT2D eigenvalue weighted by atomic mass is 16.3. The molecule has 1 fully saturated rings. The Hall–Kier alpha value is -0.820. The fraction of sp³-hybridized carbons (Fsp3) is 0.625. The van der Waals surface area contributed by atoms with Gasteiger partial charge in [-0.05, 0) is 43.2 Å². The molecule has 0 saturated heterocycles. The summed E-state index contributed by atoms with van der Waals surface area (Å²) in [4.78, 5) is 0. The van der Waals surface area contributed by atoms with Gasteiger partial charge in [-0.2, -0.15) is 0 Å². The maximum Gasteiger partial charge on any atom is 0.0896 e. The number of aryl methyl sites for hydroxylation is 1. The van der Waals surface area contributed by atoms with Crippen molar-refractivity contribution in [3.63, 3.8) is 0 Å². The summed E-state index contributed by atoms with van der Waals surface area (Å²) in [5.41, 5.74) is 1.82. The van der Waals surface area contributed by atoms with Crippen LogP contribution in [0, 0.1) is 5.92 Å². The molecule has 1 saturated carbocycles. The molecule has 1 unspecified atom stereocenters. The predicted octanol–water partition coefficient (Wildman–Crippen LogP) is 4.04. The molecule has 1 nitrogen and oxygen atoms in total. The minimum absolute atomic E-state index is 0.444. The highest BCUT2D eigenvalue weighted by Crippen LogP contribution is 2.40. The van der Waals surface area contributed by atoms with E-state index >= 15 is 0 Å². The lowest BCUT2D eigenvalue weighted by molar-refractivity contribution is -0.00333. The summed E-state index contributed by atoms with van der Waals surface area (Å²) in [6.07, 6.45) is 7.20. The van der Waals surface area contributed by atoms with Gasteiger partial charge in [0, 0.05) is 0 Å². The van der Waals surface area contributed by atoms with E-state index in [-0.39, 0.29) is 0 Å². The molecule has 1 N–H and O–H groups in total. The van der Waals surface area contributed by atoms with E-state index in [0.717, 1.165) is 12.0 Å². The zero-order valence-electron chi connectivity index (χ0n) is 11.1. The highest BCUT2D eigenvalue weighted by molar-refractivity contribution is 5.27. The van der Waals surface area contributed by atoms with Crippen LogP contribution in [0.4, 0.5) is 0 Å². The van der Waals surface area contributed by atoms with Gasteiger partial charge in [-0.3, -0.25) is 0 Å². The molecule has 94 valence electrons. The van der Waals surface area contributed by atoms with Gasteiger partial charge in [0.1, 0.15) is 0 Å². The minimum Gasteiger partial charge on any atom is -0.385 e. The first-order chi connectivity index (χ1) is 8.14. The van der Waals surface area contributed by atoms with Crippen molar-refractivity contribution in [2.24, 2.45) is 5.92 Å². The van der Waals surface area contributed by atoms with Crippen molar-refractivity contribution in [1.29, 1.82) is 0 Å². The Bertz CT molecular complexity index is 344. The van der Waals surface area contributed by atoms with Crippen molar-refractivity contribution in [2.45, 2.75) is 58.0 Å². The number of benzene rings is 1. The molecular formula is C16H24O. The Balaban J connectivity index is 2.14. The lowest BCUT2D eigenvalue weighted by Crippen LogP contribution is -2.29. The SMILES string of the molecule is CCCc1ccc(C(C)(O)C2CCCC2)cc1. The van der Waals surface area contributed by atoms with Gasteiger partial charge in [0.25, 0.3) is 0 Å². The Morgan fingerprint density at radius 3 is 2.29 bits per heavy atom. The van der Waals surface area contributed by atoms with E-state index in [4.69, 9.17) is 0 Å². The maximum absolute atomic E-state index is 10.7. The largest absolute Gasteiger partial charge is 0.385 e. The van der Waals surface area contributed by atoms with Crippen LogP contribution in [-0.2, 0) is 12.0 Å². The van der Waals surface area contributed by atoms with E-state index < -0.39 is 5.60 Å². The molecule has 1 aromatic carbocycles. The zero-order chi connectivity index (χ0) is 12.3. The second-order valence-corrected chi connectivity index (χ2v) is 5.58. The first-order valence-corrected chi connectivity index (χ1v) is 6.96. The highest BCUT2D eigenvalue weighted by Gasteiger charge is 2.35. The second kappa shape index (κ2) is 5.22. The molecular weight excluding hydrogens is 208 g/mol. The fourth-order valence-electron chi connectivity index (χ4n) is 3.02. The van der Waals surface area contributed by atoms with Crippen LogP contribution in [0.5, 0.6) is 0 Å². The summed E-state index contributed by atoms with van der Waals surface area (Å²) in [5, 5.41) is 10.7. The van der Waals surface area contributed by atoms with Gasteiger partial charge in [-0.15, -0.1) is 0 Å². The van der Waals surface area contributed by atoms with Gasteiger partial charge in [-0.25, -0.2) is 0 Å². The van der Waals surface area contributed by atoms with E-state index in [2.05, 4.69) is 31.2 Å². The van der Waals surface area contributed by atoms with Gasteiger partial charge in [0.15, 0.2) is 0 Å². The standard InChI is InChI=1S/C16H24O/c1-3-6-13-9-11-15(12-10-13)16(2,17)14-7-4-5-8-14/h9-12,14,17H,3-8H2,1-2H3. The molecule has 2 rings (SSSR count).